The highest BCUT2D eigenvalue weighted by atomic mass is 16.6. The summed E-state index contributed by atoms with van der Waals surface area (Å²) in [5.74, 6) is 0.481. The van der Waals surface area contributed by atoms with Crippen molar-refractivity contribution in [2.75, 3.05) is 6.61 Å². The van der Waals surface area contributed by atoms with Gasteiger partial charge in [-0.3, -0.25) is 4.79 Å². The fourth-order valence-electron chi connectivity index (χ4n) is 1.85. The number of nitrogens with zero attached hydrogens (tertiary/aromatic N) is 1. The smallest absolute Gasteiger partial charge is 0.417 e. The molecule has 0 aliphatic carbocycles. The SMILES string of the molecule is CC(=CCC(C)C)C(=O)N1C(=O)OCC1C(C)C. The molecular formula is C14H23NO3. The van der Waals surface area contributed by atoms with E-state index in [1.165, 1.54) is 4.90 Å². The van der Waals surface area contributed by atoms with Gasteiger partial charge in [-0.2, -0.15) is 0 Å². The van der Waals surface area contributed by atoms with Crippen molar-refractivity contribution in [2.24, 2.45) is 11.8 Å². The first kappa shape index (κ1) is 14.7. The van der Waals surface area contributed by atoms with Crippen LogP contribution in [0.1, 0.15) is 41.0 Å². The van der Waals surface area contributed by atoms with Crippen molar-refractivity contribution in [3.8, 4) is 0 Å². The second-order valence-electron chi connectivity index (χ2n) is 5.58. The molecule has 4 nitrogen and oxygen atoms in total. The molecule has 1 aliphatic heterocycles. The highest BCUT2D eigenvalue weighted by Crippen LogP contribution is 2.22. The van der Waals surface area contributed by atoms with E-state index in [2.05, 4.69) is 13.8 Å². The number of hydrogen-bond donors (Lipinski definition) is 0. The Bertz CT molecular complexity index is 358. The van der Waals surface area contributed by atoms with Gasteiger partial charge in [0.2, 0.25) is 0 Å². The van der Waals surface area contributed by atoms with Crippen molar-refractivity contribution in [3.05, 3.63) is 11.6 Å². The third-order valence-electron chi connectivity index (χ3n) is 3.13. The molecular weight excluding hydrogens is 230 g/mol. The minimum absolute atomic E-state index is 0.146. The van der Waals surface area contributed by atoms with Gasteiger partial charge in [-0.25, -0.2) is 9.69 Å². The van der Waals surface area contributed by atoms with Crippen LogP contribution in [0.3, 0.4) is 0 Å². The van der Waals surface area contributed by atoms with Crippen molar-refractivity contribution >= 4 is 12.0 Å². The summed E-state index contributed by atoms with van der Waals surface area (Å²) in [7, 11) is 0. The van der Waals surface area contributed by atoms with Crippen LogP contribution in [0.15, 0.2) is 11.6 Å². The summed E-state index contributed by atoms with van der Waals surface area (Å²) in [6.07, 6.45) is 2.22. The number of amides is 2. The molecule has 1 atom stereocenters. The first-order valence-electron chi connectivity index (χ1n) is 6.51. The fraction of sp³-hybridized carbons (Fsp3) is 0.714. The van der Waals surface area contributed by atoms with Crippen molar-refractivity contribution in [2.45, 2.75) is 47.1 Å². The zero-order chi connectivity index (χ0) is 13.9. The highest BCUT2D eigenvalue weighted by molar-refractivity contribution is 6.03. The zero-order valence-electron chi connectivity index (χ0n) is 11.9. The van der Waals surface area contributed by atoms with Crippen LogP contribution in [-0.2, 0) is 9.53 Å². The lowest BCUT2D eigenvalue weighted by Gasteiger charge is -2.22. The predicted molar refractivity (Wildman–Crippen MR) is 70.0 cm³/mol. The second kappa shape index (κ2) is 6.03. The second-order valence-corrected chi connectivity index (χ2v) is 5.58. The fourth-order valence-corrected chi connectivity index (χ4v) is 1.85. The van der Waals surface area contributed by atoms with Gasteiger partial charge >= 0.3 is 6.09 Å². The van der Waals surface area contributed by atoms with Gasteiger partial charge < -0.3 is 4.74 Å². The Labute approximate surface area is 109 Å². The van der Waals surface area contributed by atoms with Crippen LogP contribution in [0.5, 0.6) is 0 Å². The quantitative estimate of drug-likeness (QED) is 0.724. The first-order chi connectivity index (χ1) is 8.34. The molecule has 0 N–H and O–H groups in total. The maximum atomic E-state index is 12.2. The van der Waals surface area contributed by atoms with Crippen LogP contribution in [0.25, 0.3) is 0 Å². The van der Waals surface area contributed by atoms with Crippen molar-refractivity contribution in [1.82, 2.24) is 4.90 Å². The standard InChI is InChI=1S/C14H23NO3/c1-9(2)6-7-11(5)13(16)15-12(10(3)4)8-18-14(15)17/h7,9-10,12H,6,8H2,1-5H3. The average Bonchev–Trinajstić information content (AvgIpc) is 2.67. The van der Waals surface area contributed by atoms with Gasteiger partial charge in [0.05, 0.1) is 6.04 Å². The van der Waals surface area contributed by atoms with Crippen molar-refractivity contribution < 1.29 is 14.3 Å². The molecule has 1 heterocycles. The summed E-state index contributed by atoms with van der Waals surface area (Å²) >= 11 is 0. The summed E-state index contributed by atoms with van der Waals surface area (Å²) < 4.78 is 4.98. The molecule has 0 bridgehead atoms. The number of ether oxygens (including phenoxy) is 1. The minimum Gasteiger partial charge on any atom is -0.447 e. The van der Waals surface area contributed by atoms with Gasteiger partial charge in [0.25, 0.3) is 5.91 Å². The van der Waals surface area contributed by atoms with E-state index >= 15 is 0 Å². The molecule has 0 spiro atoms. The predicted octanol–water partition coefficient (Wildman–Crippen LogP) is 2.98. The van der Waals surface area contributed by atoms with E-state index < -0.39 is 6.09 Å². The number of carbonyl (C=O) groups excluding carboxylic acids is 2. The van der Waals surface area contributed by atoms with Crippen molar-refractivity contribution in [3.63, 3.8) is 0 Å². The number of imide groups is 1. The van der Waals surface area contributed by atoms with E-state index in [1.54, 1.807) is 6.92 Å². The lowest BCUT2D eigenvalue weighted by atomic mass is 10.0. The molecule has 1 rings (SSSR count). The molecule has 2 amide bonds. The van der Waals surface area contributed by atoms with E-state index in [9.17, 15) is 9.59 Å². The summed E-state index contributed by atoms with van der Waals surface area (Å²) in [6, 6.07) is -0.146. The van der Waals surface area contributed by atoms with Crippen LogP contribution in [0.4, 0.5) is 4.79 Å². The number of rotatable bonds is 4. The van der Waals surface area contributed by atoms with Crippen LogP contribution in [-0.4, -0.2) is 29.5 Å². The molecule has 0 aromatic heterocycles. The van der Waals surface area contributed by atoms with Gasteiger partial charge in [0, 0.05) is 5.57 Å². The van der Waals surface area contributed by atoms with Crippen molar-refractivity contribution in [1.29, 1.82) is 0 Å². The number of cyclic esters (lactones) is 1. The van der Waals surface area contributed by atoms with Crippen LogP contribution in [0.2, 0.25) is 0 Å². The molecule has 0 saturated carbocycles. The lowest BCUT2D eigenvalue weighted by molar-refractivity contribution is -0.125. The van der Waals surface area contributed by atoms with Gasteiger partial charge in [0.15, 0.2) is 0 Å². The summed E-state index contributed by atoms with van der Waals surface area (Å²) in [5, 5.41) is 0. The van der Waals surface area contributed by atoms with Crippen LogP contribution < -0.4 is 0 Å². The zero-order valence-corrected chi connectivity index (χ0v) is 11.9. The molecule has 18 heavy (non-hydrogen) atoms. The lowest BCUT2D eigenvalue weighted by Crippen LogP contribution is -2.42. The van der Waals surface area contributed by atoms with E-state index in [4.69, 9.17) is 4.74 Å². The van der Waals surface area contributed by atoms with Gasteiger partial charge in [-0.1, -0.05) is 33.8 Å². The molecule has 0 radical (unpaired) electrons. The van der Waals surface area contributed by atoms with E-state index in [1.807, 2.05) is 19.9 Å². The molecule has 0 aromatic rings. The van der Waals surface area contributed by atoms with Gasteiger partial charge in [-0.15, -0.1) is 0 Å². The molecule has 1 aliphatic rings. The third-order valence-corrected chi connectivity index (χ3v) is 3.13. The Morgan fingerprint density at radius 3 is 2.56 bits per heavy atom. The third kappa shape index (κ3) is 3.34. The van der Waals surface area contributed by atoms with E-state index in [0.717, 1.165) is 6.42 Å². The molecule has 1 saturated heterocycles. The highest BCUT2D eigenvalue weighted by Gasteiger charge is 2.39. The summed E-state index contributed by atoms with van der Waals surface area (Å²) in [5.41, 5.74) is 0.619. The summed E-state index contributed by atoms with van der Waals surface area (Å²) in [6.45, 7) is 10.2. The molecule has 1 unspecified atom stereocenters. The van der Waals surface area contributed by atoms with Crippen LogP contribution in [0, 0.1) is 11.8 Å². The Balaban J connectivity index is 2.81. The van der Waals surface area contributed by atoms with E-state index in [0.29, 0.717) is 18.1 Å². The molecule has 0 aromatic carbocycles. The maximum absolute atomic E-state index is 12.2. The number of allylic oxidation sites excluding steroid dienone is 1. The normalized spacial score (nSPS) is 20.8. The van der Waals surface area contributed by atoms with Crippen LogP contribution >= 0.6 is 0 Å². The Kier molecular flexibility index (Phi) is 4.93. The summed E-state index contributed by atoms with van der Waals surface area (Å²) in [4.78, 5) is 25.1. The maximum Gasteiger partial charge on any atom is 0.417 e. The Morgan fingerprint density at radius 2 is 2.06 bits per heavy atom. The number of hydrogen-bond acceptors (Lipinski definition) is 3. The van der Waals surface area contributed by atoms with Gasteiger partial charge in [0.1, 0.15) is 6.61 Å². The molecule has 1 fully saturated rings. The molecule has 102 valence electrons. The Hall–Kier alpha value is -1.32. The molecule has 4 heteroatoms. The largest absolute Gasteiger partial charge is 0.447 e. The monoisotopic (exact) mass is 253 g/mol. The average molecular weight is 253 g/mol. The Morgan fingerprint density at radius 1 is 1.44 bits per heavy atom. The first-order valence-corrected chi connectivity index (χ1v) is 6.51. The topological polar surface area (TPSA) is 46.6 Å². The van der Waals surface area contributed by atoms with Gasteiger partial charge in [-0.05, 0) is 25.2 Å². The number of carbonyl (C=O) groups is 2. The van der Waals surface area contributed by atoms with E-state index in [-0.39, 0.29) is 17.9 Å². The minimum atomic E-state index is -0.518.